The summed E-state index contributed by atoms with van der Waals surface area (Å²) in [5.41, 5.74) is 2.10. The first-order valence-electron chi connectivity index (χ1n) is 3.44. The Bertz CT molecular complexity index is 437. The molecule has 0 N–H and O–H groups in total. The van der Waals surface area contributed by atoms with Crippen LogP contribution in [0.3, 0.4) is 0 Å². The Morgan fingerprint density at radius 1 is 1.42 bits per heavy atom. The van der Waals surface area contributed by atoms with Crippen LogP contribution in [0.1, 0.15) is 5.69 Å². The second kappa shape index (κ2) is 2.49. The van der Waals surface area contributed by atoms with Gasteiger partial charge in [0.1, 0.15) is 5.52 Å². The van der Waals surface area contributed by atoms with Crippen LogP contribution < -0.4 is 5.72 Å². The van der Waals surface area contributed by atoms with Crippen molar-refractivity contribution in [3.8, 4) is 0 Å². The van der Waals surface area contributed by atoms with Gasteiger partial charge in [-0.15, -0.1) is 0 Å². The molecule has 0 saturated carbocycles. The van der Waals surface area contributed by atoms with Crippen LogP contribution in [-0.4, -0.2) is 22.2 Å². The van der Waals surface area contributed by atoms with E-state index in [4.69, 9.17) is 19.4 Å². The van der Waals surface area contributed by atoms with Crippen molar-refractivity contribution in [1.82, 2.24) is 14.4 Å². The van der Waals surface area contributed by atoms with Crippen molar-refractivity contribution in [1.29, 1.82) is 0 Å². The van der Waals surface area contributed by atoms with Crippen LogP contribution in [0.4, 0.5) is 0 Å². The molecule has 2 heterocycles. The van der Waals surface area contributed by atoms with Crippen LogP contribution in [0.2, 0.25) is 5.15 Å². The highest BCUT2D eigenvalue weighted by atomic mass is 35.5. The molecule has 5 heteroatoms. The minimum atomic E-state index is 0.421. The molecule has 58 valence electrons. The average Bonchev–Trinajstić information content (AvgIpc) is 2.42. The number of imidazole rings is 1. The topological polar surface area (TPSA) is 30.2 Å². The second-order valence-corrected chi connectivity index (χ2v) is 2.89. The summed E-state index contributed by atoms with van der Waals surface area (Å²) < 4.78 is 1.76. The zero-order valence-electron chi connectivity index (χ0n) is 6.45. The Morgan fingerprint density at radius 3 is 2.83 bits per heavy atom. The minimum Gasteiger partial charge on any atom is -0.306 e. The molecular formula is C7H5BClN3. The quantitative estimate of drug-likeness (QED) is 0.548. The zero-order chi connectivity index (χ0) is 8.72. The summed E-state index contributed by atoms with van der Waals surface area (Å²) >= 11 is 5.81. The van der Waals surface area contributed by atoms with E-state index in [1.165, 1.54) is 0 Å². The first kappa shape index (κ1) is 7.62. The molecule has 0 unspecified atom stereocenters. The molecule has 2 rings (SSSR count). The number of fused-ring (bicyclic) bond motifs is 1. The second-order valence-electron chi connectivity index (χ2n) is 2.53. The average molecular weight is 177 g/mol. The van der Waals surface area contributed by atoms with E-state index in [0.717, 1.165) is 11.2 Å². The number of hydrogen-bond acceptors (Lipinski definition) is 2. The fraction of sp³-hybridized carbons (Fsp3) is 0.143. The third kappa shape index (κ3) is 0.915. The summed E-state index contributed by atoms with van der Waals surface area (Å²) in [6.45, 7) is 1.90. The van der Waals surface area contributed by atoms with Crippen LogP contribution in [0.15, 0.2) is 12.4 Å². The van der Waals surface area contributed by atoms with Gasteiger partial charge in [0, 0.05) is 11.9 Å². The summed E-state index contributed by atoms with van der Waals surface area (Å²) in [5, 5.41) is 0.421. The molecule has 3 nitrogen and oxygen atoms in total. The van der Waals surface area contributed by atoms with Gasteiger partial charge in [-0.2, -0.15) is 0 Å². The molecule has 0 saturated heterocycles. The smallest absolute Gasteiger partial charge is 0.168 e. The van der Waals surface area contributed by atoms with Gasteiger partial charge in [0.2, 0.25) is 0 Å². The van der Waals surface area contributed by atoms with E-state index in [9.17, 15) is 0 Å². The van der Waals surface area contributed by atoms with Crippen LogP contribution in [0.25, 0.3) is 5.52 Å². The lowest BCUT2D eigenvalue weighted by molar-refractivity contribution is 1.07. The normalized spacial score (nSPS) is 10.8. The highest BCUT2D eigenvalue weighted by molar-refractivity contribution is 6.33. The van der Waals surface area contributed by atoms with Crippen molar-refractivity contribution in [2.45, 2.75) is 6.92 Å². The first-order chi connectivity index (χ1) is 5.70. The molecule has 0 atom stereocenters. The predicted molar refractivity (Wildman–Crippen MR) is 48.1 cm³/mol. The van der Waals surface area contributed by atoms with Gasteiger partial charge in [0.05, 0.1) is 11.9 Å². The van der Waals surface area contributed by atoms with Crippen molar-refractivity contribution in [2.24, 2.45) is 0 Å². The minimum absolute atomic E-state index is 0.421. The molecule has 0 amide bonds. The number of aryl methyl sites for hydroxylation is 1. The van der Waals surface area contributed by atoms with Crippen molar-refractivity contribution < 1.29 is 0 Å². The fourth-order valence-corrected chi connectivity index (χ4v) is 1.34. The number of halogens is 1. The van der Waals surface area contributed by atoms with Crippen LogP contribution in [0.5, 0.6) is 0 Å². The van der Waals surface area contributed by atoms with Crippen molar-refractivity contribution in [3.63, 3.8) is 0 Å². The molecular weight excluding hydrogens is 172 g/mol. The van der Waals surface area contributed by atoms with Crippen LogP contribution >= 0.6 is 11.6 Å². The third-order valence-corrected chi connectivity index (χ3v) is 2.01. The lowest BCUT2D eigenvalue weighted by atomic mass is 10.1. The molecule has 0 aliphatic rings. The van der Waals surface area contributed by atoms with E-state index >= 15 is 0 Å². The fourth-order valence-electron chi connectivity index (χ4n) is 1.16. The molecule has 0 bridgehead atoms. The van der Waals surface area contributed by atoms with Gasteiger partial charge in [0.15, 0.2) is 13.0 Å². The Hall–Kier alpha value is -1.03. The SMILES string of the molecule is [B]c1ncc2c(Cl)ncc(C)n12. The standard InChI is InChI=1S/C7H5BClN3/c1-4-2-10-6(9)5-3-11-7(8)12(4)5/h2-3H,1H3. The maximum atomic E-state index is 5.81. The molecule has 12 heavy (non-hydrogen) atoms. The summed E-state index contributed by atoms with van der Waals surface area (Å²) in [6, 6.07) is 0. The third-order valence-electron chi connectivity index (χ3n) is 1.72. The Morgan fingerprint density at radius 2 is 2.17 bits per heavy atom. The van der Waals surface area contributed by atoms with E-state index < -0.39 is 0 Å². The van der Waals surface area contributed by atoms with Crippen molar-refractivity contribution in [2.75, 3.05) is 0 Å². The van der Waals surface area contributed by atoms with Gasteiger partial charge in [-0.05, 0) is 6.92 Å². The van der Waals surface area contributed by atoms with E-state index in [0.29, 0.717) is 10.9 Å². The molecule has 2 aromatic rings. The van der Waals surface area contributed by atoms with E-state index in [1.54, 1.807) is 16.8 Å². The Kier molecular flexibility index (Phi) is 1.58. The van der Waals surface area contributed by atoms with Crippen LogP contribution in [0, 0.1) is 6.92 Å². The Labute approximate surface area is 75.8 Å². The molecule has 0 fully saturated rings. The zero-order valence-corrected chi connectivity index (χ0v) is 7.21. The van der Waals surface area contributed by atoms with E-state index in [2.05, 4.69) is 9.97 Å². The van der Waals surface area contributed by atoms with Crippen molar-refractivity contribution in [3.05, 3.63) is 23.2 Å². The monoisotopic (exact) mass is 177 g/mol. The molecule has 2 radical (unpaired) electrons. The number of nitrogens with zero attached hydrogens (tertiary/aromatic N) is 3. The van der Waals surface area contributed by atoms with Gasteiger partial charge in [-0.25, -0.2) is 4.98 Å². The maximum Gasteiger partial charge on any atom is 0.168 e. The van der Waals surface area contributed by atoms with Crippen LogP contribution in [-0.2, 0) is 0 Å². The predicted octanol–water partition coefficient (Wildman–Crippen LogP) is 0.485. The lowest BCUT2D eigenvalue weighted by Gasteiger charge is -2.01. The highest BCUT2D eigenvalue weighted by Gasteiger charge is 2.04. The largest absolute Gasteiger partial charge is 0.306 e. The molecule has 0 aromatic carbocycles. The molecule has 2 aromatic heterocycles. The van der Waals surface area contributed by atoms with Gasteiger partial charge >= 0.3 is 0 Å². The molecule has 0 aliphatic carbocycles. The van der Waals surface area contributed by atoms with Gasteiger partial charge in [-0.1, -0.05) is 11.6 Å². The van der Waals surface area contributed by atoms with Gasteiger partial charge < -0.3 is 4.40 Å². The summed E-state index contributed by atoms with van der Waals surface area (Å²) in [7, 11) is 5.61. The van der Waals surface area contributed by atoms with E-state index in [1.807, 2.05) is 6.92 Å². The van der Waals surface area contributed by atoms with Crippen molar-refractivity contribution >= 4 is 30.7 Å². The number of hydrogen-bond donors (Lipinski definition) is 0. The lowest BCUT2D eigenvalue weighted by Crippen LogP contribution is -2.14. The molecule has 0 spiro atoms. The number of rotatable bonds is 0. The number of aromatic nitrogens is 3. The summed E-state index contributed by atoms with van der Waals surface area (Å²) in [6.07, 6.45) is 3.27. The molecule has 0 aliphatic heterocycles. The van der Waals surface area contributed by atoms with Gasteiger partial charge in [0.25, 0.3) is 0 Å². The Balaban J connectivity index is 2.98. The van der Waals surface area contributed by atoms with Gasteiger partial charge in [-0.3, -0.25) is 4.98 Å². The summed E-state index contributed by atoms with van der Waals surface area (Å²) in [4.78, 5) is 7.90. The van der Waals surface area contributed by atoms with E-state index in [-0.39, 0.29) is 0 Å². The maximum absolute atomic E-state index is 5.81. The highest BCUT2D eigenvalue weighted by Crippen LogP contribution is 2.13. The summed E-state index contributed by atoms with van der Waals surface area (Å²) in [5.74, 6) is 0. The first-order valence-corrected chi connectivity index (χ1v) is 3.82.